The highest BCUT2D eigenvalue weighted by molar-refractivity contribution is 5.66. The minimum atomic E-state index is 0.555. The van der Waals surface area contributed by atoms with Gasteiger partial charge in [-0.15, -0.1) is 0 Å². The number of hydrogen-bond acceptors (Lipinski definition) is 4. The lowest BCUT2D eigenvalue weighted by molar-refractivity contribution is 0.460. The van der Waals surface area contributed by atoms with Crippen molar-refractivity contribution in [1.82, 2.24) is 15.3 Å². The smallest absolute Gasteiger partial charge is 0.124 e. The zero-order valence-corrected chi connectivity index (χ0v) is 14.9. The average molecular weight is 344 g/mol. The molecule has 1 aliphatic heterocycles. The first kappa shape index (κ1) is 16.7. The molecule has 0 amide bonds. The van der Waals surface area contributed by atoms with Crippen LogP contribution in [0.3, 0.4) is 0 Å². The summed E-state index contributed by atoms with van der Waals surface area (Å²) in [6, 6.07) is 16.8. The largest absolute Gasteiger partial charge is 0.384 e. The normalized spacial score (nSPS) is 15.1. The highest BCUT2D eigenvalue weighted by Crippen LogP contribution is 2.31. The van der Waals surface area contributed by atoms with E-state index in [9.17, 15) is 0 Å². The minimum absolute atomic E-state index is 0.555. The van der Waals surface area contributed by atoms with Crippen LogP contribution in [0.25, 0.3) is 11.3 Å². The quantitative estimate of drug-likeness (QED) is 0.756. The van der Waals surface area contributed by atoms with Gasteiger partial charge in [-0.05, 0) is 79.2 Å². The molecular weight excluding hydrogens is 320 g/mol. The molecule has 4 rings (SSSR count). The summed E-state index contributed by atoms with van der Waals surface area (Å²) in [5, 5.41) is 3.45. The Kier molecular flexibility index (Phi) is 4.93. The summed E-state index contributed by atoms with van der Waals surface area (Å²) < 4.78 is 0. The standard InChI is InChI=1S/C22H24N4/c23-22-3-1-2-21(26-22)20-5-4-18(17-8-12-25-13-9-17)15-19(20)14-16-6-10-24-11-7-16/h1-7,10-11,15,17,25H,8-9,12-14H2,(H2,23,26). The summed E-state index contributed by atoms with van der Waals surface area (Å²) in [7, 11) is 0. The molecule has 1 saturated heterocycles. The maximum Gasteiger partial charge on any atom is 0.124 e. The van der Waals surface area contributed by atoms with Gasteiger partial charge < -0.3 is 11.1 Å². The third kappa shape index (κ3) is 3.75. The first-order valence-corrected chi connectivity index (χ1v) is 9.25. The maximum atomic E-state index is 5.92. The van der Waals surface area contributed by atoms with Crippen LogP contribution in [0.2, 0.25) is 0 Å². The fourth-order valence-corrected chi connectivity index (χ4v) is 3.74. The van der Waals surface area contributed by atoms with Gasteiger partial charge in [-0.2, -0.15) is 0 Å². The van der Waals surface area contributed by atoms with Crippen molar-refractivity contribution in [2.45, 2.75) is 25.2 Å². The lowest BCUT2D eigenvalue weighted by atomic mass is 9.86. The molecule has 132 valence electrons. The van der Waals surface area contributed by atoms with E-state index in [4.69, 9.17) is 5.73 Å². The number of nitrogens with two attached hydrogens (primary N) is 1. The number of rotatable bonds is 4. The fraction of sp³-hybridized carbons (Fsp3) is 0.273. The number of piperidine rings is 1. The molecule has 26 heavy (non-hydrogen) atoms. The molecular formula is C22H24N4. The van der Waals surface area contributed by atoms with E-state index >= 15 is 0 Å². The van der Waals surface area contributed by atoms with Gasteiger partial charge in [0.15, 0.2) is 0 Å². The Balaban J connectivity index is 1.74. The third-order valence-electron chi connectivity index (χ3n) is 5.13. The van der Waals surface area contributed by atoms with E-state index in [1.165, 1.54) is 29.5 Å². The Morgan fingerprint density at radius 2 is 1.81 bits per heavy atom. The average Bonchev–Trinajstić information content (AvgIpc) is 2.69. The summed E-state index contributed by atoms with van der Waals surface area (Å²) in [5.74, 6) is 1.19. The van der Waals surface area contributed by atoms with E-state index < -0.39 is 0 Å². The van der Waals surface area contributed by atoms with E-state index in [2.05, 4.69) is 45.6 Å². The van der Waals surface area contributed by atoms with Crippen molar-refractivity contribution in [3.8, 4) is 11.3 Å². The van der Waals surface area contributed by atoms with Gasteiger partial charge in [0.05, 0.1) is 5.69 Å². The Morgan fingerprint density at radius 3 is 2.58 bits per heavy atom. The molecule has 3 heterocycles. The highest BCUT2D eigenvalue weighted by Gasteiger charge is 2.17. The zero-order valence-electron chi connectivity index (χ0n) is 14.9. The second-order valence-electron chi connectivity index (χ2n) is 6.92. The van der Waals surface area contributed by atoms with Gasteiger partial charge in [-0.25, -0.2) is 4.98 Å². The van der Waals surface area contributed by atoms with Crippen LogP contribution in [0.1, 0.15) is 35.4 Å². The van der Waals surface area contributed by atoms with Gasteiger partial charge in [-0.1, -0.05) is 24.3 Å². The monoisotopic (exact) mass is 344 g/mol. The van der Waals surface area contributed by atoms with E-state index in [-0.39, 0.29) is 0 Å². The van der Waals surface area contributed by atoms with Gasteiger partial charge in [0.25, 0.3) is 0 Å². The number of nitrogen functional groups attached to an aromatic ring is 1. The van der Waals surface area contributed by atoms with E-state index in [1.54, 1.807) is 0 Å². The van der Waals surface area contributed by atoms with Crippen LogP contribution in [-0.4, -0.2) is 23.1 Å². The Labute approximate surface area is 154 Å². The number of anilines is 1. The minimum Gasteiger partial charge on any atom is -0.384 e. The van der Waals surface area contributed by atoms with Crippen LogP contribution in [0.4, 0.5) is 5.82 Å². The van der Waals surface area contributed by atoms with Gasteiger partial charge in [0.2, 0.25) is 0 Å². The SMILES string of the molecule is Nc1cccc(-c2ccc(C3CCNCC3)cc2Cc2ccncc2)n1. The molecule has 0 spiro atoms. The molecule has 0 atom stereocenters. The summed E-state index contributed by atoms with van der Waals surface area (Å²) in [4.78, 5) is 8.68. The molecule has 4 heteroatoms. The van der Waals surface area contributed by atoms with Crippen molar-refractivity contribution in [1.29, 1.82) is 0 Å². The Bertz CT molecular complexity index is 870. The number of nitrogens with zero attached hydrogens (tertiary/aromatic N) is 2. The lowest BCUT2D eigenvalue weighted by Crippen LogP contribution is -2.26. The summed E-state index contributed by atoms with van der Waals surface area (Å²) in [5.41, 5.74) is 12.0. The van der Waals surface area contributed by atoms with Crippen molar-refractivity contribution in [3.63, 3.8) is 0 Å². The summed E-state index contributed by atoms with van der Waals surface area (Å²) >= 11 is 0. The van der Waals surface area contributed by atoms with Crippen molar-refractivity contribution in [2.24, 2.45) is 0 Å². The third-order valence-corrected chi connectivity index (χ3v) is 5.13. The Morgan fingerprint density at radius 1 is 1.00 bits per heavy atom. The first-order chi connectivity index (χ1) is 12.8. The molecule has 4 nitrogen and oxygen atoms in total. The van der Waals surface area contributed by atoms with Crippen molar-refractivity contribution >= 4 is 5.82 Å². The number of pyridine rings is 2. The maximum absolute atomic E-state index is 5.92. The molecule has 0 bridgehead atoms. The van der Waals surface area contributed by atoms with Crippen LogP contribution in [-0.2, 0) is 6.42 Å². The number of benzene rings is 1. The van der Waals surface area contributed by atoms with Crippen LogP contribution >= 0.6 is 0 Å². The molecule has 2 aromatic heterocycles. The van der Waals surface area contributed by atoms with E-state index in [0.29, 0.717) is 11.7 Å². The molecule has 3 N–H and O–H groups in total. The zero-order chi connectivity index (χ0) is 17.8. The second-order valence-corrected chi connectivity index (χ2v) is 6.92. The number of aromatic nitrogens is 2. The van der Waals surface area contributed by atoms with Crippen molar-refractivity contribution < 1.29 is 0 Å². The van der Waals surface area contributed by atoms with Gasteiger partial charge in [0.1, 0.15) is 5.82 Å². The van der Waals surface area contributed by atoms with Gasteiger partial charge in [0, 0.05) is 18.0 Å². The Hall–Kier alpha value is -2.72. The van der Waals surface area contributed by atoms with Crippen molar-refractivity contribution in [2.75, 3.05) is 18.8 Å². The second kappa shape index (κ2) is 7.67. The van der Waals surface area contributed by atoms with Crippen LogP contribution in [0, 0.1) is 0 Å². The van der Waals surface area contributed by atoms with Crippen LogP contribution in [0.15, 0.2) is 60.9 Å². The topological polar surface area (TPSA) is 63.8 Å². The van der Waals surface area contributed by atoms with E-state index in [0.717, 1.165) is 30.8 Å². The molecule has 0 aliphatic carbocycles. The first-order valence-electron chi connectivity index (χ1n) is 9.25. The molecule has 0 saturated carbocycles. The summed E-state index contributed by atoms with van der Waals surface area (Å²) in [6.07, 6.45) is 6.97. The molecule has 0 unspecified atom stereocenters. The molecule has 1 fully saturated rings. The van der Waals surface area contributed by atoms with Crippen LogP contribution < -0.4 is 11.1 Å². The predicted octanol–water partition coefficient (Wildman–Crippen LogP) is 3.78. The number of nitrogens with one attached hydrogen (secondary N) is 1. The predicted molar refractivity (Wildman–Crippen MR) is 106 cm³/mol. The van der Waals surface area contributed by atoms with Crippen LogP contribution in [0.5, 0.6) is 0 Å². The fourth-order valence-electron chi connectivity index (χ4n) is 3.74. The lowest BCUT2D eigenvalue weighted by Gasteiger charge is -2.24. The summed E-state index contributed by atoms with van der Waals surface area (Å²) in [6.45, 7) is 2.20. The highest BCUT2D eigenvalue weighted by atomic mass is 14.9. The molecule has 1 aliphatic rings. The molecule has 3 aromatic rings. The van der Waals surface area contributed by atoms with Gasteiger partial charge in [-0.3, -0.25) is 4.98 Å². The number of hydrogen-bond donors (Lipinski definition) is 2. The molecule has 1 aromatic carbocycles. The van der Waals surface area contributed by atoms with Gasteiger partial charge >= 0.3 is 0 Å². The van der Waals surface area contributed by atoms with E-state index in [1.807, 2.05) is 30.6 Å². The molecule has 0 radical (unpaired) electrons. The van der Waals surface area contributed by atoms with Crippen molar-refractivity contribution in [3.05, 3.63) is 77.6 Å².